The van der Waals surface area contributed by atoms with Gasteiger partial charge >= 0.3 is 6.09 Å². The minimum Gasteiger partial charge on any atom is -0.445 e. The van der Waals surface area contributed by atoms with Crippen LogP contribution < -0.4 is 5.32 Å². The van der Waals surface area contributed by atoms with Gasteiger partial charge in [-0.25, -0.2) is 4.79 Å². The van der Waals surface area contributed by atoms with Gasteiger partial charge in [0.25, 0.3) is 0 Å². The number of hydrogen-bond acceptors (Lipinski definition) is 5. The average molecular weight is 464 g/mol. The number of nitrogens with zero attached hydrogens (tertiary/aromatic N) is 1. The average Bonchev–Trinajstić information content (AvgIpc) is 3.15. The molecule has 2 aliphatic heterocycles. The van der Waals surface area contributed by atoms with Crippen LogP contribution in [-0.4, -0.2) is 63.6 Å². The van der Waals surface area contributed by atoms with Crippen LogP contribution in [0, 0.1) is 17.3 Å². The Labute approximate surface area is 194 Å². The molecule has 4 atom stereocenters. The third-order valence-electron chi connectivity index (χ3n) is 6.31. The summed E-state index contributed by atoms with van der Waals surface area (Å²) < 4.78 is 11.1. The molecule has 0 saturated carbocycles. The Morgan fingerprint density at radius 3 is 2.59 bits per heavy atom. The fraction of sp³-hybridized carbons (Fsp3) is 0.708. The number of Topliss-reactive ketones (excluding diaryl/α,β-unsaturated/α-hetero) is 1. The van der Waals surface area contributed by atoms with Crippen LogP contribution in [0.25, 0.3) is 0 Å². The Morgan fingerprint density at radius 1 is 1.34 bits per heavy atom. The number of β-lactam (4-membered cyclic amide) rings is 1. The molecule has 0 aromatic heterocycles. The molecule has 0 unspecified atom stereocenters. The van der Waals surface area contributed by atoms with E-state index in [0.717, 1.165) is 12.8 Å². The van der Waals surface area contributed by atoms with E-state index in [1.54, 1.807) is 11.8 Å². The smallest absolute Gasteiger partial charge is 0.410 e. The van der Waals surface area contributed by atoms with Crippen LogP contribution >= 0.6 is 0 Å². The van der Waals surface area contributed by atoms with E-state index >= 15 is 0 Å². The third kappa shape index (κ3) is 6.78. The van der Waals surface area contributed by atoms with Gasteiger partial charge in [-0.2, -0.15) is 0 Å². The van der Waals surface area contributed by atoms with Crippen LogP contribution in [0.2, 0.25) is 13.1 Å². The van der Waals surface area contributed by atoms with Crippen LogP contribution in [0.1, 0.15) is 47.0 Å². The van der Waals surface area contributed by atoms with E-state index in [1.807, 2.05) is 6.08 Å². The molecule has 1 radical (unpaired) electrons. The normalized spacial score (nSPS) is 24.7. The highest BCUT2D eigenvalue weighted by Gasteiger charge is 2.49. The second kappa shape index (κ2) is 11.3. The lowest BCUT2D eigenvalue weighted by molar-refractivity contribution is -0.143. The molecule has 0 bridgehead atoms. The van der Waals surface area contributed by atoms with Crippen molar-refractivity contribution >= 4 is 26.8 Å². The van der Waals surface area contributed by atoms with E-state index in [2.05, 4.69) is 45.8 Å². The van der Waals surface area contributed by atoms with Crippen molar-refractivity contribution < 1.29 is 23.5 Å². The maximum atomic E-state index is 13.0. The molecule has 0 aliphatic carbocycles. The van der Waals surface area contributed by atoms with E-state index in [-0.39, 0.29) is 60.1 Å². The van der Waals surface area contributed by atoms with Gasteiger partial charge in [0.15, 0.2) is 5.78 Å². The third-order valence-corrected chi connectivity index (χ3v) is 7.05. The highest BCUT2D eigenvalue weighted by Crippen LogP contribution is 2.39. The van der Waals surface area contributed by atoms with E-state index in [4.69, 9.17) is 9.16 Å². The van der Waals surface area contributed by atoms with Crippen LogP contribution in [0.5, 0.6) is 0 Å². The summed E-state index contributed by atoms with van der Waals surface area (Å²) in [6.45, 7) is 17.2. The first-order valence-corrected chi connectivity index (χ1v) is 13.9. The van der Waals surface area contributed by atoms with Gasteiger partial charge < -0.3 is 19.4 Å². The van der Waals surface area contributed by atoms with Gasteiger partial charge in [0, 0.05) is 25.6 Å². The SMILES string of the molecule is C=CCOC(=O)N1CCC[C@@H]1C=C(C)C(=O)C[C@H]1NC(=O)[C@H]1[C@@H](CO[Si](C)C)C(C)(C)C. The van der Waals surface area contributed by atoms with Gasteiger partial charge in [0.05, 0.1) is 12.0 Å². The van der Waals surface area contributed by atoms with Crippen molar-refractivity contribution in [2.24, 2.45) is 17.3 Å². The number of likely N-dealkylation sites (tertiary alicyclic amines) is 1. The molecule has 0 spiro atoms. The molecule has 2 amide bonds. The first-order valence-electron chi connectivity index (χ1n) is 11.4. The predicted octanol–water partition coefficient (Wildman–Crippen LogP) is 3.72. The molecular weight excluding hydrogens is 424 g/mol. The minimum absolute atomic E-state index is 0.000804. The highest BCUT2D eigenvalue weighted by atomic mass is 28.3. The van der Waals surface area contributed by atoms with Crippen molar-refractivity contribution in [3.05, 3.63) is 24.3 Å². The van der Waals surface area contributed by atoms with Gasteiger partial charge in [-0.05, 0) is 49.8 Å². The number of nitrogens with one attached hydrogen (secondary N) is 1. The Kier molecular flexibility index (Phi) is 9.27. The fourth-order valence-corrected chi connectivity index (χ4v) is 4.91. The molecule has 32 heavy (non-hydrogen) atoms. The highest BCUT2D eigenvalue weighted by molar-refractivity contribution is 6.48. The van der Waals surface area contributed by atoms with Crippen LogP contribution in [-0.2, 0) is 18.8 Å². The first kappa shape index (κ1) is 26.3. The summed E-state index contributed by atoms with van der Waals surface area (Å²) in [4.78, 5) is 39.3. The molecule has 0 aromatic carbocycles. The van der Waals surface area contributed by atoms with Gasteiger partial charge in [-0.15, -0.1) is 0 Å². The molecule has 2 fully saturated rings. The molecule has 7 nitrogen and oxygen atoms in total. The van der Waals surface area contributed by atoms with Crippen molar-refractivity contribution in [2.75, 3.05) is 19.8 Å². The second-order valence-corrected chi connectivity index (χ2v) is 12.2. The second-order valence-electron chi connectivity index (χ2n) is 10.1. The zero-order valence-electron chi connectivity index (χ0n) is 20.4. The molecule has 2 rings (SSSR count). The number of ether oxygens (including phenoxy) is 1. The Morgan fingerprint density at radius 2 is 2.03 bits per heavy atom. The number of ketones is 1. The molecule has 1 N–H and O–H groups in total. The number of hydrogen-bond donors (Lipinski definition) is 1. The lowest BCUT2D eigenvalue weighted by Crippen LogP contribution is -2.63. The molecule has 179 valence electrons. The molecule has 0 aromatic rings. The van der Waals surface area contributed by atoms with E-state index in [9.17, 15) is 14.4 Å². The number of carbonyl (C=O) groups is 3. The maximum Gasteiger partial charge on any atom is 0.410 e. The molecule has 2 heterocycles. The van der Waals surface area contributed by atoms with Gasteiger partial charge in [-0.1, -0.05) is 39.5 Å². The maximum absolute atomic E-state index is 13.0. The summed E-state index contributed by atoms with van der Waals surface area (Å²) in [6.07, 6.45) is 4.96. The predicted molar refractivity (Wildman–Crippen MR) is 126 cm³/mol. The molecule has 8 heteroatoms. The monoisotopic (exact) mass is 463 g/mol. The summed E-state index contributed by atoms with van der Waals surface area (Å²) in [5.41, 5.74) is 0.511. The van der Waals surface area contributed by atoms with Crippen molar-refractivity contribution in [3.8, 4) is 0 Å². The van der Waals surface area contributed by atoms with E-state index in [1.165, 1.54) is 6.08 Å². The number of carbonyl (C=O) groups excluding carboxylic acids is 3. The lowest BCUT2D eigenvalue weighted by Gasteiger charge is -2.46. The quantitative estimate of drug-likeness (QED) is 0.231. The minimum atomic E-state index is -0.864. The summed E-state index contributed by atoms with van der Waals surface area (Å²) >= 11 is 0. The number of allylic oxidation sites excluding steroid dienone is 1. The lowest BCUT2D eigenvalue weighted by atomic mass is 9.66. The van der Waals surface area contributed by atoms with Crippen molar-refractivity contribution in [1.82, 2.24) is 10.2 Å². The molecule has 2 saturated heterocycles. The standard InChI is InChI=1S/C24H39N2O5Si/c1-8-12-30-23(29)26-11-9-10-17(26)13-16(2)20(27)14-19-21(22(28)25-19)18(24(3,4)5)15-31-32(6)7/h8,13,17-19,21H,1,9-12,14-15H2,2-7H3,(H,25,28)/t17-,18-,19-,21+/m1/s1. The Hall–Kier alpha value is -1.93. The summed E-state index contributed by atoms with van der Waals surface area (Å²) in [5, 5.41) is 2.93. The summed E-state index contributed by atoms with van der Waals surface area (Å²) in [5.74, 6) is -0.190. The van der Waals surface area contributed by atoms with Gasteiger partial charge in [0.2, 0.25) is 14.9 Å². The Bertz CT molecular complexity index is 743. The zero-order chi connectivity index (χ0) is 24.1. The van der Waals surface area contributed by atoms with Crippen molar-refractivity contribution in [2.45, 2.75) is 72.1 Å². The van der Waals surface area contributed by atoms with E-state index in [0.29, 0.717) is 18.7 Å². The van der Waals surface area contributed by atoms with Crippen molar-refractivity contribution in [3.63, 3.8) is 0 Å². The van der Waals surface area contributed by atoms with Crippen molar-refractivity contribution in [1.29, 1.82) is 0 Å². The van der Waals surface area contributed by atoms with Crippen LogP contribution in [0.3, 0.4) is 0 Å². The molecule has 2 aliphatic rings. The zero-order valence-corrected chi connectivity index (χ0v) is 21.4. The summed E-state index contributed by atoms with van der Waals surface area (Å²) in [7, 11) is -0.864. The first-order chi connectivity index (χ1) is 15.0. The van der Waals surface area contributed by atoms with Gasteiger partial charge in [0.1, 0.15) is 6.61 Å². The van der Waals surface area contributed by atoms with E-state index < -0.39 is 9.04 Å². The molecular formula is C24H39N2O5Si. The van der Waals surface area contributed by atoms with Crippen LogP contribution in [0.15, 0.2) is 24.3 Å². The fourth-order valence-electron chi connectivity index (χ4n) is 4.39. The largest absolute Gasteiger partial charge is 0.445 e. The van der Waals surface area contributed by atoms with Crippen LogP contribution in [0.4, 0.5) is 4.79 Å². The summed E-state index contributed by atoms with van der Waals surface area (Å²) in [6, 6.07) is -0.332. The number of rotatable bonds is 10. The van der Waals surface area contributed by atoms with Gasteiger partial charge in [-0.3, -0.25) is 9.59 Å². The topological polar surface area (TPSA) is 84.9 Å². The Balaban J connectivity index is 2.04. The number of amides is 2.